The molecule has 0 aromatic heterocycles. The van der Waals surface area contributed by atoms with Gasteiger partial charge in [0.25, 0.3) is 0 Å². The number of alkyl halides is 6. The van der Waals surface area contributed by atoms with Gasteiger partial charge in [-0.1, -0.05) is 37.3 Å². The molecule has 1 amide bonds. The normalized spacial score (nSPS) is 18.9. The zero-order chi connectivity index (χ0) is 25.3. The Morgan fingerprint density at radius 2 is 1.41 bits per heavy atom. The second kappa shape index (κ2) is 9.60. The standard InChI is InChI=1S/C25H28F6N2O/c1-16(23(9-11-33(3)12-10-23)19-7-5-4-6-8-19)22(34)32-17(2)18-13-20(24(26,27)28)15-21(14-18)25(29,30)31/h4-8,13-17H,9-12H2,1-3H3,(H,32,34). The molecule has 3 rings (SSSR count). The summed E-state index contributed by atoms with van der Waals surface area (Å²) in [6.07, 6.45) is -8.48. The van der Waals surface area contributed by atoms with Gasteiger partial charge in [-0.2, -0.15) is 26.3 Å². The van der Waals surface area contributed by atoms with Gasteiger partial charge in [0.15, 0.2) is 0 Å². The van der Waals surface area contributed by atoms with Crippen molar-refractivity contribution in [2.24, 2.45) is 5.92 Å². The molecule has 0 saturated carbocycles. The summed E-state index contributed by atoms with van der Waals surface area (Å²) in [6, 6.07) is 9.95. The van der Waals surface area contributed by atoms with E-state index >= 15 is 0 Å². The Balaban J connectivity index is 1.89. The fraction of sp³-hybridized carbons (Fsp3) is 0.480. The predicted octanol–water partition coefficient (Wildman–Crippen LogP) is 6.20. The van der Waals surface area contributed by atoms with Crippen LogP contribution in [0.25, 0.3) is 0 Å². The highest BCUT2D eigenvalue weighted by Crippen LogP contribution is 2.42. The molecule has 1 aliphatic rings. The number of hydrogen-bond donors (Lipinski definition) is 1. The first kappa shape index (κ1) is 26.1. The van der Waals surface area contributed by atoms with Crippen molar-refractivity contribution in [2.45, 2.75) is 50.5 Å². The molecule has 0 bridgehead atoms. The smallest absolute Gasteiger partial charge is 0.349 e. The Bertz CT molecular complexity index is 962. The third-order valence-corrected chi connectivity index (χ3v) is 6.92. The summed E-state index contributed by atoms with van der Waals surface area (Å²) in [4.78, 5) is 15.4. The third kappa shape index (κ3) is 5.56. The maximum absolute atomic E-state index is 13.3. The molecule has 1 saturated heterocycles. The average molecular weight is 487 g/mol. The maximum atomic E-state index is 13.3. The summed E-state index contributed by atoms with van der Waals surface area (Å²) < 4.78 is 79.5. The van der Waals surface area contributed by atoms with Crippen molar-refractivity contribution in [1.82, 2.24) is 10.2 Å². The molecule has 0 spiro atoms. The highest BCUT2D eigenvalue weighted by atomic mass is 19.4. The number of nitrogens with zero attached hydrogens (tertiary/aromatic N) is 1. The predicted molar refractivity (Wildman–Crippen MR) is 117 cm³/mol. The Kier molecular flexibility index (Phi) is 7.36. The van der Waals surface area contributed by atoms with E-state index in [2.05, 4.69) is 10.2 Å². The van der Waals surface area contributed by atoms with Crippen molar-refractivity contribution >= 4 is 5.91 Å². The van der Waals surface area contributed by atoms with Gasteiger partial charge >= 0.3 is 12.4 Å². The minimum atomic E-state index is -4.95. The highest BCUT2D eigenvalue weighted by molar-refractivity contribution is 5.80. The number of benzene rings is 2. The second-order valence-corrected chi connectivity index (χ2v) is 9.12. The van der Waals surface area contributed by atoms with Crippen LogP contribution in [0.15, 0.2) is 48.5 Å². The topological polar surface area (TPSA) is 32.3 Å². The lowest BCUT2D eigenvalue weighted by Crippen LogP contribution is -2.50. The zero-order valence-corrected chi connectivity index (χ0v) is 19.2. The van der Waals surface area contributed by atoms with E-state index in [4.69, 9.17) is 0 Å². The fourth-order valence-corrected chi connectivity index (χ4v) is 4.66. The van der Waals surface area contributed by atoms with Gasteiger partial charge in [-0.3, -0.25) is 4.79 Å². The minimum absolute atomic E-state index is 0.0869. The van der Waals surface area contributed by atoms with Crippen LogP contribution in [-0.2, 0) is 22.6 Å². The summed E-state index contributed by atoms with van der Waals surface area (Å²) in [5.41, 5.74) is -2.54. The van der Waals surface area contributed by atoms with Gasteiger partial charge in [0, 0.05) is 11.3 Å². The summed E-state index contributed by atoms with van der Waals surface area (Å²) in [5, 5.41) is 2.67. The molecule has 186 valence electrons. The Labute approximate surface area is 195 Å². The first-order valence-electron chi connectivity index (χ1n) is 11.1. The van der Waals surface area contributed by atoms with Crippen LogP contribution in [-0.4, -0.2) is 30.9 Å². The van der Waals surface area contributed by atoms with Crippen LogP contribution >= 0.6 is 0 Å². The van der Waals surface area contributed by atoms with Crippen molar-refractivity contribution < 1.29 is 31.1 Å². The zero-order valence-electron chi connectivity index (χ0n) is 19.2. The number of rotatable bonds is 5. The molecule has 1 aliphatic heterocycles. The van der Waals surface area contributed by atoms with Gasteiger partial charge in [0.05, 0.1) is 17.2 Å². The largest absolute Gasteiger partial charge is 0.416 e. The molecule has 34 heavy (non-hydrogen) atoms. The lowest BCUT2D eigenvalue weighted by Gasteiger charge is -2.45. The molecule has 2 aromatic rings. The quantitative estimate of drug-likeness (QED) is 0.511. The monoisotopic (exact) mass is 486 g/mol. The highest BCUT2D eigenvalue weighted by Gasteiger charge is 2.44. The molecule has 3 nitrogen and oxygen atoms in total. The molecule has 1 fully saturated rings. The van der Waals surface area contributed by atoms with E-state index in [1.807, 2.05) is 37.4 Å². The van der Waals surface area contributed by atoms with E-state index in [0.717, 1.165) is 18.7 Å². The third-order valence-electron chi connectivity index (χ3n) is 6.92. The van der Waals surface area contributed by atoms with E-state index in [0.29, 0.717) is 25.0 Å². The van der Waals surface area contributed by atoms with Crippen LogP contribution in [0.4, 0.5) is 26.3 Å². The lowest BCUT2D eigenvalue weighted by molar-refractivity contribution is -0.143. The van der Waals surface area contributed by atoms with Gasteiger partial charge in [0.1, 0.15) is 0 Å². The van der Waals surface area contributed by atoms with Crippen molar-refractivity contribution in [3.05, 3.63) is 70.8 Å². The van der Waals surface area contributed by atoms with Crippen LogP contribution in [0.3, 0.4) is 0 Å². The number of piperidine rings is 1. The van der Waals surface area contributed by atoms with Crippen molar-refractivity contribution in [1.29, 1.82) is 0 Å². The molecule has 9 heteroatoms. The lowest BCUT2D eigenvalue weighted by atomic mass is 9.64. The van der Waals surface area contributed by atoms with E-state index in [9.17, 15) is 31.1 Å². The second-order valence-electron chi connectivity index (χ2n) is 9.12. The number of amides is 1. The molecule has 1 N–H and O–H groups in total. The van der Waals surface area contributed by atoms with Crippen molar-refractivity contribution in [3.63, 3.8) is 0 Å². The van der Waals surface area contributed by atoms with E-state index < -0.39 is 46.8 Å². The Morgan fingerprint density at radius 1 is 0.912 bits per heavy atom. The van der Waals surface area contributed by atoms with E-state index in [1.165, 1.54) is 6.92 Å². The van der Waals surface area contributed by atoms with E-state index in [1.54, 1.807) is 6.92 Å². The van der Waals surface area contributed by atoms with Gasteiger partial charge in [-0.15, -0.1) is 0 Å². The summed E-state index contributed by atoms with van der Waals surface area (Å²) in [6.45, 7) is 4.70. The number of carbonyl (C=O) groups excluding carboxylic acids is 1. The first-order valence-corrected chi connectivity index (χ1v) is 11.1. The molecule has 2 aromatic carbocycles. The fourth-order valence-electron chi connectivity index (χ4n) is 4.66. The summed E-state index contributed by atoms with van der Waals surface area (Å²) >= 11 is 0. The van der Waals surface area contributed by atoms with E-state index in [-0.39, 0.29) is 11.6 Å². The molecular formula is C25H28F6N2O. The molecule has 0 radical (unpaired) electrons. The molecule has 2 atom stereocenters. The number of likely N-dealkylation sites (tertiary alicyclic amines) is 1. The molecule has 0 aliphatic carbocycles. The van der Waals surface area contributed by atoms with Gasteiger partial charge in [-0.25, -0.2) is 0 Å². The van der Waals surface area contributed by atoms with Crippen molar-refractivity contribution in [3.8, 4) is 0 Å². The van der Waals surface area contributed by atoms with Crippen molar-refractivity contribution in [2.75, 3.05) is 20.1 Å². The number of halogens is 6. The van der Waals surface area contributed by atoms with Gasteiger partial charge in [0.2, 0.25) is 5.91 Å². The Hall–Kier alpha value is -2.55. The SMILES string of the molecule is CC(NC(=O)C(C)C1(c2ccccc2)CCN(C)CC1)c1cc(C(F)(F)F)cc(C(F)(F)F)c1. The number of hydrogen-bond acceptors (Lipinski definition) is 2. The molecular weight excluding hydrogens is 458 g/mol. The minimum Gasteiger partial charge on any atom is -0.349 e. The molecule has 1 heterocycles. The first-order chi connectivity index (χ1) is 15.7. The average Bonchev–Trinajstić information content (AvgIpc) is 2.78. The summed E-state index contributed by atoms with van der Waals surface area (Å²) in [7, 11) is 1.99. The van der Waals surface area contributed by atoms with Gasteiger partial charge in [-0.05, 0) is 69.2 Å². The number of nitrogens with one attached hydrogen (secondary N) is 1. The number of carbonyl (C=O) groups is 1. The maximum Gasteiger partial charge on any atom is 0.416 e. The van der Waals surface area contributed by atoms with Crippen LogP contribution in [0.1, 0.15) is 55.0 Å². The van der Waals surface area contributed by atoms with Crippen LogP contribution < -0.4 is 5.32 Å². The van der Waals surface area contributed by atoms with Gasteiger partial charge < -0.3 is 10.2 Å². The Morgan fingerprint density at radius 3 is 1.88 bits per heavy atom. The molecule has 2 unspecified atom stereocenters. The summed E-state index contributed by atoms with van der Waals surface area (Å²) in [5.74, 6) is -0.953. The van der Waals surface area contributed by atoms with Crippen LogP contribution in [0.2, 0.25) is 0 Å². The van der Waals surface area contributed by atoms with Crippen LogP contribution in [0.5, 0.6) is 0 Å². The van der Waals surface area contributed by atoms with Crippen LogP contribution in [0, 0.1) is 5.92 Å².